The summed E-state index contributed by atoms with van der Waals surface area (Å²) < 4.78 is 32.6. The van der Waals surface area contributed by atoms with Crippen LogP contribution < -0.4 is 24.4 Å². The Bertz CT molecular complexity index is 1810. The van der Waals surface area contributed by atoms with Gasteiger partial charge in [-0.2, -0.15) is 0 Å². The number of halogens is 2. The van der Waals surface area contributed by atoms with Gasteiger partial charge in [-0.05, 0) is 61.4 Å². The van der Waals surface area contributed by atoms with E-state index in [0.29, 0.717) is 42.7 Å². The second kappa shape index (κ2) is 12.1. The molecular formula is C31H26ClFN2O5S. The molecule has 210 valence electrons. The van der Waals surface area contributed by atoms with Gasteiger partial charge >= 0.3 is 5.97 Å². The first-order valence-electron chi connectivity index (χ1n) is 12.8. The number of carbonyl (C=O) groups excluding carboxylic acids is 1. The summed E-state index contributed by atoms with van der Waals surface area (Å²) in [5, 5.41) is 0.627. The Labute approximate surface area is 244 Å². The molecule has 41 heavy (non-hydrogen) atoms. The zero-order valence-corrected chi connectivity index (χ0v) is 24.1. The number of allylic oxidation sites excluding steroid dienone is 1. The van der Waals surface area contributed by atoms with Gasteiger partial charge in [-0.1, -0.05) is 59.3 Å². The van der Waals surface area contributed by atoms with E-state index in [1.807, 2.05) is 18.2 Å². The smallest absolute Gasteiger partial charge is 0.338 e. The van der Waals surface area contributed by atoms with Crippen LogP contribution >= 0.6 is 22.9 Å². The first-order chi connectivity index (χ1) is 19.8. The van der Waals surface area contributed by atoms with Gasteiger partial charge in [0.05, 0.1) is 35.6 Å². The van der Waals surface area contributed by atoms with E-state index in [9.17, 15) is 14.0 Å². The van der Waals surface area contributed by atoms with Crippen molar-refractivity contribution in [2.24, 2.45) is 4.99 Å². The maximum Gasteiger partial charge on any atom is 0.338 e. The Morgan fingerprint density at radius 3 is 2.54 bits per heavy atom. The molecule has 4 aromatic rings. The Balaban J connectivity index is 1.63. The maximum atomic E-state index is 13.9. The van der Waals surface area contributed by atoms with Crippen molar-refractivity contribution in [2.45, 2.75) is 26.5 Å². The molecule has 0 spiro atoms. The maximum absolute atomic E-state index is 13.9. The van der Waals surface area contributed by atoms with Crippen LogP contribution in [0.15, 0.2) is 87.8 Å². The molecule has 5 rings (SSSR count). The molecular weight excluding hydrogens is 567 g/mol. The zero-order valence-electron chi connectivity index (χ0n) is 22.5. The highest BCUT2D eigenvalue weighted by Crippen LogP contribution is 2.33. The molecule has 1 aromatic heterocycles. The first-order valence-corrected chi connectivity index (χ1v) is 14.0. The number of rotatable bonds is 8. The molecule has 0 fully saturated rings. The van der Waals surface area contributed by atoms with Crippen LogP contribution in [0.25, 0.3) is 6.08 Å². The fraction of sp³-hybridized carbons (Fsp3) is 0.194. The molecule has 1 aliphatic heterocycles. The highest BCUT2D eigenvalue weighted by Gasteiger charge is 2.33. The molecule has 1 aliphatic rings. The van der Waals surface area contributed by atoms with Crippen molar-refractivity contribution in [2.75, 3.05) is 13.7 Å². The number of aromatic nitrogens is 1. The molecule has 0 unspecified atom stereocenters. The highest BCUT2D eigenvalue weighted by molar-refractivity contribution is 7.07. The number of fused-ring (bicyclic) bond motifs is 1. The molecule has 1 atom stereocenters. The van der Waals surface area contributed by atoms with Gasteiger partial charge in [0.1, 0.15) is 12.4 Å². The molecule has 0 amide bonds. The topological polar surface area (TPSA) is 79.1 Å². The number of benzene rings is 3. The van der Waals surface area contributed by atoms with Gasteiger partial charge in [-0.25, -0.2) is 14.2 Å². The second-order valence-corrected chi connectivity index (χ2v) is 10.6. The summed E-state index contributed by atoms with van der Waals surface area (Å²) in [5.74, 6) is -0.0360. The van der Waals surface area contributed by atoms with Crippen molar-refractivity contribution in [1.29, 1.82) is 0 Å². The van der Waals surface area contributed by atoms with Crippen LogP contribution in [0.3, 0.4) is 0 Å². The van der Waals surface area contributed by atoms with Crippen LogP contribution in [-0.2, 0) is 16.1 Å². The van der Waals surface area contributed by atoms with Crippen LogP contribution in [0.4, 0.5) is 4.39 Å². The van der Waals surface area contributed by atoms with Gasteiger partial charge in [-0.15, -0.1) is 0 Å². The number of hydrogen-bond acceptors (Lipinski definition) is 7. The van der Waals surface area contributed by atoms with Gasteiger partial charge in [0, 0.05) is 10.6 Å². The SMILES string of the molecule is CCOC(=O)C1=C(C)N=c2s/c(=C\c3cccc(OC)c3OCc3ccc(Cl)cc3)c(=O)n2[C@@H]1c1ccc(F)cc1. The summed E-state index contributed by atoms with van der Waals surface area (Å²) in [6, 6.07) is 17.6. The van der Waals surface area contributed by atoms with E-state index in [-0.39, 0.29) is 24.3 Å². The van der Waals surface area contributed by atoms with E-state index in [1.54, 1.807) is 63.4 Å². The molecule has 0 bridgehead atoms. The monoisotopic (exact) mass is 592 g/mol. The molecule has 0 saturated carbocycles. The summed E-state index contributed by atoms with van der Waals surface area (Å²) in [5.41, 5.74) is 2.40. The van der Waals surface area contributed by atoms with Gasteiger partial charge < -0.3 is 14.2 Å². The van der Waals surface area contributed by atoms with E-state index in [1.165, 1.54) is 28.0 Å². The normalized spacial score (nSPS) is 14.9. The quantitative estimate of drug-likeness (QED) is 0.264. The standard InChI is InChI=1S/C31H26ClFN2O5S/c1-4-39-30(37)26-18(2)34-31-35(27(26)20-10-14-23(33)15-11-20)29(36)25(41-31)16-21-6-5-7-24(38-3)28(21)40-17-19-8-12-22(32)13-9-19/h5-16,27H,4,17H2,1-3H3/b25-16-/t27-/m1/s1. The first kappa shape index (κ1) is 28.3. The lowest BCUT2D eigenvalue weighted by atomic mass is 9.96. The van der Waals surface area contributed by atoms with Crippen LogP contribution in [0, 0.1) is 5.82 Å². The van der Waals surface area contributed by atoms with E-state index >= 15 is 0 Å². The van der Waals surface area contributed by atoms with Crippen molar-refractivity contribution in [1.82, 2.24) is 4.57 Å². The lowest BCUT2D eigenvalue weighted by molar-refractivity contribution is -0.139. The third-order valence-corrected chi connectivity index (χ3v) is 7.75. The number of nitrogens with zero attached hydrogens (tertiary/aromatic N) is 2. The van der Waals surface area contributed by atoms with Crippen molar-refractivity contribution in [3.05, 3.63) is 125 Å². The predicted octanol–water partition coefficient (Wildman–Crippen LogP) is 5.18. The van der Waals surface area contributed by atoms with Crippen molar-refractivity contribution in [3.63, 3.8) is 0 Å². The largest absolute Gasteiger partial charge is 0.493 e. The minimum Gasteiger partial charge on any atom is -0.493 e. The fourth-order valence-electron chi connectivity index (χ4n) is 4.59. The minimum absolute atomic E-state index is 0.158. The molecule has 0 N–H and O–H groups in total. The number of hydrogen-bond donors (Lipinski definition) is 0. The van der Waals surface area contributed by atoms with E-state index < -0.39 is 17.8 Å². The summed E-state index contributed by atoms with van der Waals surface area (Å²) in [4.78, 5) is 32.0. The highest BCUT2D eigenvalue weighted by atomic mass is 35.5. The average molecular weight is 593 g/mol. The third kappa shape index (κ3) is 5.82. The molecule has 3 aromatic carbocycles. The number of thiazole rings is 1. The number of carbonyl (C=O) groups is 1. The van der Waals surface area contributed by atoms with E-state index in [4.69, 9.17) is 25.8 Å². The van der Waals surface area contributed by atoms with Crippen molar-refractivity contribution >= 4 is 35.0 Å². The lowest BCUT2D eigenvalue weighted by Crippen LogP contribution is -2.39. The minimum atomic E-state index is -0.834. The molecule has 0 aliphatic carbocycles. The Morgan fingerprint density at radius 1 is 1.12 bits per heavy atom. The zero-order chi connectivity index (χ0) is 29.1. The van der Waals surface area contributed by atoms with E-state index in [2.05, 4.69) is 4.99 Å². The molecule has 7 nitrogen and oxygen atoms in total. The number of para-hydroxylation sites is 1. The second-order valence-electron chi connectivity index (χ2n) is 9.15. The van der Waals surface area contributed by atoms with Gasteiger partial charge in [0.25, 0.3) is 5.56 Å². The predicted molar refractivity (Wildman–Crippen MR) is 156 cm³/mol. The van der Waals surface area contributed by atoms with Crippen LogP contribution in [-0.4, -0.2) is 24.3 Å². The molecule has 2 heterocycles. The summed E-state index contributed by atoms with van der Waals surface area (Å²) in [6.07, 6.45) is 1.72. The Hall–Kier alpha value is -4.21. The number of esters is 1. The summed E-state index contributed by atoms with van der Waals surface area (Å²) in [6.45, 7) is 3.82. The van der Waals surface area contributed by atoms with E-state index in [0.717, 1.165) is 5.56 Å². The molecule has 0 radical (unpaired) electrons. The van der Waals surface area contributed by atoms with Crippen molar-refractivity contribution < 1.29 is 23.4 Å². The Kier molecular flexibility index (Phi) is 8.37. The lowest BCUT2D eigenvalue weighted by Gasteiger charge is -2.24. The molecule has 0 saturated heterocycles. The summed E-state index contributed by atoms with van der Waals surface area (Å²) >= 11 is 7.19. The average Bonchev–Trinajstić information content (AvgIpc) is 3.26. The van der Waals surface area contributed by atoms with Crippen LogP contribution in [0.2, 0.25) is 5.02 Å². The van der Waals surface area contributed by atoms with Gasteiger partial charge in [0.2, 0.25) is 0 Å². The van der Waals surface area contributed by atoms with Gasteiger partial charge in [-0.3, -0.25) is 9.36 Å². The van der Waals surface area contributed by atoms with Crippen molar-refractivity contribution in [3.8, 4) is 11.5 Å². The number of methoxy groups -OCH3 is 1. The Morgan fingerprint density at radius 2 is 1.85 bits per heavy atom. The fourth-order valence-corrected chi connectivity index (χ4v) is 5.75. The van der Waals surface area contributed by atoms with Crippen LogP contribution in [0.5, 0.6) is 11.5 Å². The molecule has 10 heteroatoms. The van der Waals surface area contributed by atoms with Crippen LogP contribution in [0.1, 0.15) is 36.6 Å². The summed E-state index contributed by atoms with van der Waals surface area (Å²) in [7, 11) is 1.55. The third-order valence-electron chi connectivity index (χ3n) is 6.52. The number of ether oxygens (including phenoxy) is 3. The van der Waals surface area contributed by atoms with Gasteiger partial charge in [0.15, 0.2) is 16.3 Å².